The standard InChI is InChI=1S/C21H22N4O3S2/c1-15(29-21-22-18-8-7-17(25(27)28)13-19(18)30-21)20(26)24-11-9-23(10-12-24)14-16-5-3-2-4-6-16/h2-8,13,15H,9-12,14H2,1H3/t15-/m0/s1. The molecule has 9 heteroatoms. The van der Waals surface area contributed by atoms with Crippen molar-refractivity contribution in [2.75, 3.05) is 26.2 Å². The first-order valence-corrected chi connectivity index (χ1v) is 11.5. The van der Waals surface area contributed by atoms with E-state index in [1.54, 1.807) is 6.07 Å². The number of fused-ring (bicyclic) bond motifs is 1. The zero-order valence-corrected chi connectivity index (χ0v) is 18.2. The van der Waals surface area contributed by atoms with E-state index in [1.807, 2.05) is 30.0 Å². The number of rotatable bonds is 6. The highest BCUT2D eigenvalue weighted by Crippen LogP contribution is 2.34. The molecule has 0 aliphatic carbocycles. The van der Waals surface area contributed by atoms with Gasteiger partial charge < -0.3 is 4.90 Å². The van der Waals surface area contributed by atoms with Gasteiger partial charge in [-0.2, -0.15) is 0 Å². The Morgan fingerprint density at radius 2 is 1.93 bits per heavy atom. The molecule has 0 spiro atoms. The largest absolute Gasteiger partial charge is 0.339 e. The third-order valence-corrected chi connectivity index (χ3v) is 7.32. The lowest BCUT2D eigenvalue weighted by Gasteiger charge is -2.35. The van der Waals surface area contributed by atoms with Gasteiger partial charge in [-0.15, -0.1) is 11.3 Å². The van der Waals surface area contributed by atoms with Gasteiger partial charge in [0.15, 0.2) is 4.34 Å². The second kappa shape index (κ2) is 9.11. The number of nitro benzene ring substituents is 1. The van der Waals surface area contributed by atoms with Crippen LogP contribution in [0.15, 0.2) is 52.9 Å². The molecule has 30 heavy (non-hydrogen) atoms. The van der Waals surface area contributed by atoms with Gasteiger partial charge in [0.25, 0.3) is 5.69 Å². The first kappa shape index (κ1) is 20.8. The Kier molecular flexibility index (Phi) is 6.31. The van der Waals surface area contributed by atoms with E-state index in [4.69, 9.17) is 0 Å². The smallest absolute Gasteiger partial charge is 0.270 e. The molecule has 2 heterocycles. The molecular formula is C21H22N4O3S2. The predicted molar refractivity (Wildman–Crippen MR) is 120 cm³/mol. The SMILES string of the molecule is C[C@H](Sc1nc2ccc([N+](=O)[O-])cc2s1)C(=O)N1CCN(Cc2ccccc2)CC1. The molecule has 3 aromatic rings. The molecule has 7 nitrogen and oxygen atoms in total. The predicted octanol–water partition coefficient (Wildman–Crippen LogP) is 4.03. The molecule has 1 saturated heterocycles. The van der Waals surface area contributed by atoms with Crippen molar-refractivity contribution in [1.29, 1.82) is 0 Å². The van der Waals surface area contributed by atoms with Crippen molar-refractivity contribution in [2.24, 2.45) is 0 Å². The van der Waals surface area contributed by atoms with Crippen molar-refractivity contribution in [3.05, 3.63) is 64.2 Å². The minimum absolute atomic E-state index is 0.0557. The number of hydrogen-bond donors (Lipinski definition) is 0. The summed E-state index contributed by atoms with van der Waals surface area (Å²) in [6.45, 7) is 5.99. The van der Waals surface area contributed by atoms with Crippen LogP contribution in [0.1, 0.15) is 12.5 Å². The Balaban J connectivity index is 1.33. The Morgan fingerprint density at radius 3 is 2.63 bits per heavy atom. The lowest BCUT2D eigenvalue weighted by atomic mass is 10.2. The van der Waals surface area contributed by atoms with Crippen molar-refractivity contribution in [3.8, 4) is 0 Å². The van der Waals surface area contributed by atoms with Gasteiger partial charge in [-0.05, 0) is 18.6 Å². The number of hydrogen-bond acceptors (Lipinski definition) is 7. The quantitative estimate of drug-likeness (QED) is 0.326. The molecule has 1 atom stereocenters. The molecule has 0 bridgehead atoms. The summed E-state index contributed by atoms with van der Waals surface area (Å²) in [4.78, 5) is 32.3. The first-order valence-electron chi connectivity index (χ1n) is 9.76. The highest BCUT2D eigenvalue weighted by molar-refractivity contribution is 8.02. The van der Waals surface area contributed by atoms with E-state index in [2.05, 4.69) is 22.0 Å². The average Bonchev–Trinajstić information content (AvgIpc) is 3.16. The molecule has 2 aromatic carbocycles. The molecule has 0 unspecified atom stereocenters. The van der Waals surface area contributed by atoms with Gasteiger partial charge in [0.05, 0.1) is 20.4 Å². The fourth-order valence-electron chi connectivity index (χ4n) is 3.48. The van der Waals surface area contributed by atoms with Crippen molar-refractivity contribution in [3.63, 3.8) is 0 Å². The van der Waals surface area contributed by atoms with E-state index in [-0.39, 0.29) is 16.8 Å². The molecule has 0 N–H and O–H groups in total. The van der Waals surface area contributed by atoms with Crippen LogP contribution in [0.5, 0.6) is 0 Å². The lowest BCUT2D eigenvalue weighted by molar-refractivity contribution is -0.384. The number of aromatic nitrogens is 1. The maximum absolute atomic E-state index is 12.9. The van der Waals surface area contributed by atoms with Gasteiger partial charge in [0.1, 0.15) is 0 Å². The number of carbonyl (C=O) groups is 1. The Hall–Kier alpha value is -2.49. The van der Waals surface area contributed by atoms with Gasteiger partial charge in [-0.25, -0.2) is 4.98 Å². The molecule has 156 valence electrons. The highest BCUT2D eigenvalue weighted by atomic mass is 32.2. The number of carbonyl (C=O) groups excluding carboxylic acids is 1. The summed E-state index contributed by atoms with van der Waals surface area (Å²) in [5, 5.41) is 10.7. The van der Waals surface area contributed by atoms with Gasteiger partial charge in [0.2, 0.25) is 5.91 Å². The van der Waals surface area contributed by atoms with Gasteiger partial charge in [-0.1, -0.05) is 42.1 Å². The Bertz CT molecular complexity index is 1050. The number of nitro groups is 1. The number of thioether (sulfide) groups is 1. The lowest BCUT2D eigenvalue weighted by Crippen LogP contribution is -2.50. The summed E-state index contributed by atoms with van der Waals surface area (Å²) < 4.78 is 1.52. The maximum atomic E-state index is 12.9. The Labute approximate surface area is 182 Å². The summed E-state index contributed by atoms with van der Waals surface area (Å²) in [6, 6.07) is 15.0. The van der Waals surface area contributed by atoms with Crippen LogP contribution < -0.4 is 0 Å². The minimum atomic E-state index is -0.407. The molecule has 1 aliphatic heterocycles. The van der Waals surface area contributed by atoms with Crippen molar-refractivity contribution in [1.82, 2.24) is 14.8 Å². The number of amides is 1. The van der Waals surface area contributed by atoms with E-state index < -0.39 is 4.92 Å². The van der Waals surface area contributed by atoms with Crippen molar-refractivity contribution < 1.29 is 9.72 Å². The zero-order valence-electron chi connectivity index (χ0n) is 16.6. The number of non-ortho nitro benzene ring substituents is 1. The number of thiazole rings is 1. The molecule has 0 radical (unpaired) electrons. The summed E-state index contributed by atoms with van der Waals surface area (Å²) in [5.74, 6) is 0.115. The van der Waals surface area contributed by atoms with Crippen molar-refractivity contribution in [2.45, 2.75) is 23.1 Å². The topological polar surface area (TPSA) is 79.6 Å². The average molecular weight is 443 g/mol. The second-order valence-electron chi connectivity index (χ2n) is 7.24. The Morgan fingerprint density at radius 1 is 1.20 bits per heavy atom. The van der Waals surface area contributed by atoms with Crippen LogP contribution in [0.4, 0.5) is 5.69 Å². The van der Waals surface area contributed by atoms with Gasteiger partial charge in [0, 0.05) is 44.9 Å². The summed E-state index contributed by atoms with van der Waals surface area (Å²) in [6.07, 6.45) is 0. The van der Waals surface area contributed by atoms with E-state index in [9.17, 15) is 14.9 Å². The van der Waals surface area contributed by atoms with Crippen LogP contribution in [0.3, 0.4) is 0 Å². The van der Waals surface area contributed by atoms with Crippen LogP contribution in [-0.2, 0) is 11.3 Å². The number of benzene rings is 2. The molecular weight excluding hydrogens is 420 g/mol. The highest BCUT2D eigenvalue weighted by Gasteiger charge is 2.26. The third-order valence-electron chi connectivity index (χ3n) is 5.12. The van der Waals surface area contributed by atoms with Crippen LogP contribution >= 0.6 is 23.1 Å². The van der Waals surface area contributed by atoms with Crippen LogP contribution in [0.2, 0.25) is 0 Å². The molecule has 1 aromatic heterocycles. The van der Waals surface area contributed by atoms with Crippen LogP contribution in [0, 0.1) is 10.1 Å². The zero-order chi connectivity index (χ0) is 21.1. The van der Waals surface area contributed by atoms with Crippen LogP contribution in [-0.4, -0.2) is 57.0 Å². The fourth-order valence-corrected chi connectivity index (χ4v) is 5.81. The monoisotopic (exact) mass is 442 g/mol. The number of piperazine rings is 1. The summed E-state index contributed by atoms with van der Waals surface area (Å²) >= 11 is 2.81. The third kappa shape index (κ3) is 4.80. The second-order valence-corrected chi connectivity index (χ2v) is 9.85. The summed E-state index contributed by atoms with van der Waals surface area (Å²) in [7, 11) is 0. The van der Waals surface area contributed by atoms with Gasteiger partial charge in [-0.3, -0.25) is 19.8 Å². The van der Waals surface area contributed by atoms with E-state index in [1.165, 1.54) is 40.8 Å². The van der Waals surface area contributed by atoms with Gasteiger partial charge >= 0.3 is 0 Å². The first-order chi connectivity index (χ1) is 14.5. The molecule has 1 fully saturated rings. The maximum Gasteiger partial charge on any atom is 0.270 e. The summed E-state index contributed by atoms with van der Waals surface area (Å²) in [5.41, 5.74) is 2.07. The van der Waals surface area contributed by atoms with E-state index >= 15 is 0 Å². The molecule has 4 rings (SSSR count). The van der Waals surface area contributed by atoms with Crippen LogP contribution in [0.25, 0.3) is 10.2 Å². The van der Waals surface area contributed by atoms with E-state index in [0.717, 1.165) is 47.3 Å². The van der Waals surface area contributed by atoms with E-state index in [0.29, 0.717) is 0 Å². The molecule has 0 saturated carbocycles. The minimum Gasteiger partial charge on any atom is -0.339 e. The molecule has 1 amide bonds. The fraction of sp³-hybridized carbons (Fsp3) is 0.333. The molecule has 1 aliphatic rings. The normalized spacial score (nSPS) is 16.0. The van der Waals surface area contributed by atoms with Crippen molar-refractivity contribution >= 4 is 44.9 Å². The number of nitrogens with zero attached hydrogens (tertiary/aromatic N) is 4.